The Hall–Kier alpha value is -2.89. The van der Waals surface area contributed by atoms with E-state index in [1.54, 1.807) is 30.0 Å². The molecule has 1 saturated heterocycles. The van der Waals surface area contributed by atoms with Crippen LogP contribution in [-0.2, 0) is 9.53 Å². The van der Waals surface area contributed by atoms with E-state index in [1.165, 1.54) is 6.20 Å². The molecule has 3 rings (SSSR count). The summed E-state index contributed by atoms with van der Waals surface area (Å²) in [5.74, 6) is -0.749. The van der Waals surface area contributed by atoms with Crippen LogP contribution in [0, 0.1) is 0 Å². The number of hydrogen-bond donors (Lipinski definition) is 0. The molecule has 6 nitrogen and oxygen atoms in total. The Morgan fingerprint density at radius 3 is 2.32 bits per heavy atom. The molecule has 1 aromatic heterocycles. The lowest BCUT2D eigenvalue weighted by molar-refractivity contribution is -0.140. The predicted octanol–water partition coefficient (Wildman–Crippen LogP) is 1.98. The van der Waals surface area contributed by atoms with Gasteiger partial charge in [-0.05, 0) is 31.2 Å². The molecule has 2 aromatic rings. The van der Waals surface area contributed by atoms with Gasteiger partial charge >= 0.3 is 5.97 Å². The summed E-state index contributed by atoms with van der Waals surface area (Å²) in [5.41, 5.74) is 1.36. The van der Waals surface area contributed by atoms with E-state index in [9.17, 15) is 9.59 Å². The van der Waals surface area contributed by atoms with Crippen LogP contribution >= 0.6 is 0 Å². The average molecular weight is 339 g/mol. The average Bonchev–Trinajstić information content (AvgIpc) is 2.69. The van der Waals surface area contributed by atoms with Crippen LogP contribution in [0.2, 0.25) is 0 Å². The maximum atomic E-state index is 12.5. The van der Waals surface area contributed by atoms with E-state index < -0.39 is 12.1 Å². The molecule has 0 bridgehead atoms. The van der Waals surface area contributed by atoms with Gasteiger partial charge in [0, 0.05) is 38.1 Å². The van der Waals surface area contributed by atoms with Crippen molar-refractivity contribution in [3.8, 4) is 0 Å². The van der Waals surface area contributed by atoms with Crippen LogP contribution in [0.15, 0.2) is 54.7 Å². The third-order valence-electron chi connectivity index (χ3n) is 4.22. The van der Waals surface area contributed by atoms with Crippen LogP contribution < -0.4 is 4.90 Å². The first-order chi connectivity index (χ1) is 12.1. The van der Waals surface area contributed by atoms with Gasteiger partial charge in [0.1, 0.15) is 5.69 Å². The zero-order valence-corrected chi connectivity index (χ0v) is 14.2. The number of pyridine rings is 1. The Labute approximate surface area is 147 Å². The number of piperazine rings is 1. The molecule has 1 amide bonds. The maximum absolute atomic E-state index is 12.5. The maximum Gasteiger partial charge on any atom is 0.357 e. The normalized spacial score (nSPS) is 15.6. The summed E-state index contributed by atoms with van der Waals surface area (Å²) < 4.78 is 5.26. The molecule has 0 spiro atoms. The lowest BCUT2D eigenvalue weighted by Crippen LogP contribution is -2.51. The Morgan fingerprint density at radius 1 is 1.00 bits per heavy atom. The zero-order chi connectivity index (χ0) is 17.6. The van der Waals surface area contributed by atoms with Crippen molar-refractivity contribution in [2.24, 2.45) is 0 Å². The van der Waals surface area contributed by atoms with Crippen molar-refractivity contribution in [2.75, 3.05) is 31.1 Å². The van der Waals surface area contributed by atoms with Crippen molar-refractivity contribution in [1.29, 1.82) is 0 Å². The van der Waals surface area contributed by atoms with Gasteiger partial charge in [0.2, 0.25) is 0 Å². The van der Waals surface area contributed by atoms with E-state index >= 15 is 0 Å². The Morgan fingerprint density at radius 2 is 1.68 bits per heavy atom. The van der Waals surface area contributed by atoms with Crippen LogP contribution in [0.4, 0.5) is 5.69 Å². The quantitative estimate of drug-likeness (QED) is 0.797. The van der Waals surface area contributed by atoms with Gasteiger partial charge in [-0.1, -0.05) is 24.3 Å². The highest BCUT2D eigenvalue weighted by Gasteiger charge is 2.27. The highest BCUT2D eigenvalue weighted by atomic mass is 16.5. The van der Waals surface area contributed by atoms with Gasteiger partial charge in [0.05, 0.1) is 0 Å². The van der Waals surface area contributed by atoms with Gasteiger partial charge in [-0.2, -0.15) is 0 Å². The molecule has 6 heteroatoms. The van der Waals surface area contributed by atoms with Crippen LogP contribution in [0.25, 0.3) is 0 Å². The molecule has 130 valence electrons. The molecule has 0 N–H and O–H groups in total. The first kappa shape index (κ1) is 17.0. The number of amides is 1. The van der Waals surface area contributed by atoms with Crippen molar-refractivity contribution in [3.05, 3.63) is 60.4 Å². The molecule has 1 fully saturated rings. The van der Waals surface area contributed by atoms with E-state index in [2.05, 4.69) is 22.0 Å². The Kier molecular flexibility index (Phi) is 5.28. The summed E-state index contributed by atoms with van der Waals surface area (Å²) >= 11 is 0. The molecular formula is C19H21N3O3. The minimum Gasteiger partial charge on any atom is -0.448 e. The van der Waals surface area contributed by atoms with Crippen molar-refractivity contribution in [1.82, 2.24) is 9.88 Å². The Balaban J connectivity index is 1.53. The van der Waals surface area contributed by atoms with Gasteiger partial charge in [-0.25, -0.2) is 9.78 Å². The van der Waals surface area contributed by atoms with Crippen LogP contribution in [0.1, 0.15) is 17.4 Å². The van der Waals surface area contributed by atoms with Crippen LogP contribution in [0.5, 0.6) is 0 Å². The summed E-state index contributed by atoms with van der Waals surface area (Å²) in [6.45, 7) is 4.35. The molecule has 0 aliphatic carbocycles. The molecule has 1 aromatic carbocycles. The molecule has 0 radical (unpaired) electrons. The fourth-order valence-electron chi connectivity index (χ4n) is 2.84. The van der Waals surface area contributed by atoms with Gasteiger partial charge in [0.25, 0.3) is 5.91 Å². The van der Waals surface area contributed by atoms with Gasteiger partial charge in [0.15, 0.2) is 6.10 Å². The largest absolute Gasteiger partial charge is 0.448 e. The van der Waals surface area contributed by atoms with E-state index in [-0.39, 0.29) is 11.6 Å². The molecular weight excluding hydrogens is 318 g/mol. The summed E-state index contributed by atoms with van der Waals surface area (Å²) in [6.07, 6.45) is 0.698. The number of esters is 1. The third kappa shape index (κ3) is 4.15. The second kappa shape index (κ2) is 7.79. The SMILES string of the molecule is CC(OC(=O)c1ccccn1)C(=O)N1CCN(c2ccccc2)CC1. The van der Waals surface area contributed by atoms with Gasteiger partial charge in [-0.15, -0.1) is 0 Å². The lowest BCUT2D eigenvalue weighted by Gasteiger charge is -2.37. The van der Waals surface area contributed by atoms with E-state index in [4.69, 9.17) is 4.74 Å². The standard InChI is InChI=1S/C19H21N3O3/c1-15(25-19(24)17-9-5-6-10-20-17)18(23)22-13-11-21(12-14-22)16-7-3-2-4-8-16/h2-10,15H,11-14H2,1H3. The number of para-hydroxylation sites is 1. The summed E-state index contributed by atoms with van der Waals surface area (Å²) in [6, 6.07) is 15.1. The topological polar surface area (TPSA) is 62.7 Å². The zero-order valence-electron chi connectivity index (χ0n) is 14.2. The first-order valence-corrected chi connectivity index (χ1v) is 8.36. The summed E-state index contributed by atoms with van der Waals surface area (Å²) in [4.78, 5) is 32.5. The monoisotopic (exact) mass is 339 g/mol. The molecule has 1 aliphatic heterocycles. The minimum absolute atomic E-state index is 0.169. The van der Waals surface area contributed by atoms with Crippen molar-refractivity contribution >= 4 is 17.6 Å². The molecule has 1 aliphatic rings. The molecule has 1 atom stereocenters. The van der Waals surface area contributed by atoms with Gasteiger partial charge in [-0.3, -0.25) is 4.79 Å². The van der Waals surface area contributed by atoms with E-state index in [0.717, 1.165) is 18.8 Å². The highest BCUT2D eigenvalue weighted by Crippen LogP contribution is 2.16. The number of benzene rings is 1. The van der Waals surface area contributed by atoms with Crippen LogP contribution in [-0.4, -0.2) is 54.0 Å². The summed E-state index contributed by atoms with van der Waals surface area (Å²) in [5, 5.41) is 0. The number of aromatic nitrogens is 1. The number of ether oxygens (including phenoxy) is 1. The number of carbonyl (C=O) groups excluding carboxylic acids is 2. The molecule has 0 saturated carbocycles. The van der Waals surface area contributed by atoms with Crippen molar-refractivity contribution in [3.63, 3.8) is 0 Å². The third-order valence-corrected chi connectivity index (χ3v) is 4.22. The molecule has 2 heterocycles. The molecule has 25 heavy (non-hydrogen) atoms. The van der Waals surface area contributed by atoms with E-state index in [1.807, 2.05) is 18.2 Å². The van der Waals surface area contributed by atoms with Crippen LogP contribution in [0.3, 0.4) is 0 Å². The number of carbonyl (C=O) groups is 2. The summed E-state index contributed by atoms with van der Waals surface area (Å²) in [7, 11) is 0. The minimum atomic E-state index is -0.821. The molecule has 1 unspecified atom stereocenters. The lowest BCUT2D eigenvalue weighted by atomic mass is 10.2. The number of nitrogens with zero attached hydrogens (tertiary/aromatic N) is 3. The fraction of sp³-hybridized carbons (Fsp3) is 0.316. The number of hydrogen-bond acceptors (Lipinski definition) is 5. The second-order valence-corrected chi connectivity index (χ2v) is 5.91. The van der Waals surface area contributed by atoms with Gasteiger partial charge < -0.3 is 14.5 Å². The second-order valence-electron chi connectivity index (χ2n) is 5.91. The van der Waals surface area contributed by atoms with E-state index in [0.29, 0.717) is 13.1 Å². The Bertz CT molecular complexity index is 713. The number of rotatable bonds is 4. The number of anilines is 1. The first-order valence-electron chi connectivity index (χ1n) is 8.36. The van der Waals surface area contributed by atoms with Crippen molar-refractivity contribution < 1.29 is 14.3 Å². The van der Waals surface area contributed by atoms with Crippen molar-refractivity contribution in [2.45, 2.75) is 13.0 Å². The smallest absolute Gasteiger partial charge is 0.357 e. The predicted molar refractivity (Wildman–Crippen MR) is 94.3 cm³/mol. The fourth-order valence-corrected chi connectivity index (χ4v) is 2.84. The highest BCUT2D eigenvalue weighted by molar-refractivity contribution is 5.90.